The SMILES string of the molecule is c1ccccccc(CCCCCCCNC2CCCCCCCCCCC2)cccccc1. The highest BCUT2D eigenvalue weighted by Gasteiger charge is 2.08. The van der Waals surface area contributed by atoms with E-state index in [2.05, 4.69) is 78.1 Å². The van der Waals surface area contributed by atoms with Crippen molar-refractivity contribution in [1.82, 2.24) is 5.32 Å². The van der Waals surface area contributed by atoms with E-state index in [1.165, 1.54) is 115 Å². The highest BCUT2D eigenvalue weighted by Crippen LogP contribution is 2.17. The third-order valence-electron chi connectivity index (χ3n) is 6.91. The van der Waals surface area contributed by atoms with Crippen LogP contribution in [0.2, 0.25) is 0 Å². The van der Waals surface area contributed by atoms with Crippen LogP contribution in [-0.2, 0) is 6.42 Å². The third kappa shape index (κ3) is 16.7. The predicted octanol–water partition coefficient (Wildman–Crippen LogP) is 9.69. The first kappa shape index (κ1) is 28.4. The molecule has 1 heteroatoms. The van der Waals surface area contributed by atoms with Gasteiger partial charge in [-0.05, 0) is 44.2 Å². The van der Waals surface area contributed by atoms with Crippen LogP contribution in [0.3, 0.4) is 0 Å². The highest BCUT2D eigenvalue weighted by molar-refractivity contribution is 5.11. The Bertz CT molecular complexity index is 663. The molecule has 1 aromatic carbocycles. The smallest absolute Gasteiger partial charge is 0.00670 e. The van der Waals surface area contributed by atoms with Gasteiger partial charge in [-0.1, -0.05) is 156 Å². The van der Waals surface area contributed by atoms with E-state index in [4.69, 9.17) is 0 Å². The molecule has 0 radical (unpaired) electrons. The molecule has 34 heavy (non-hydrogen) atoms. The van der Waals surface area contributed by atoms with E-state index in [1.54, 1.807) is 0 Å². The largest absolute Gasteiger partial charge is 0.314 e. The Morgan fingerprint density at radius 1 is 0.471 bits per heavy atom. The molecule has 1 nitrogen and oxygen atoms in total. The summed E-state index contributed by atoms with van der Waals surface area (Å²) in [4.78, 5) is 0. The Morgan fingerprint density at radius 3 is 1.41 bits per heavy atom. The van der Waals surface area contributed by atoms with Crippen LogP contribution in [0.5, 0.6) is 0 Å². The first-order chi connectivity index (χ1) is 16.9. The van der Waals surface area contributed by atoms with E-state index in [9.17, 15) is 0 Å². The van der Waals surface area contributed by atoms with Gasteiger partial charge in [0.15, 0.2) is 0 Å². The average molecular weight is 462 g/mol. The van der Waals surface area contributed by atoms with E-state index in [0.29, 0.717) is 0 Å². The molecule has 0 amide bonds. The summed E-state index contributed by atoms with van der Waals surface area (Å²) in [5, 5.41) is 3.91. The predicted molar refractivity (Wildman–Crippen MR) is 151 cm³/mol. The number of rotatable bonds is 9. The van der Waals surface area contributed by atoms with E-state index in [0.717, 1.165) is 12.5 Å². The van der Waals surface area contributed by atoms with Crippen molar-refractivity contribution in [3.63, 3.8) is 0 Å². The number of hydrogen-bond donors (Lipinski definition) is 1. The molecule has 0 aromatic heterocycles. The number of hydrogen-bond acceptors (Lipinski definition) is 1. The van der Waals surface area contributed by atoms with Gasteiger partial charge in [0, 0.05) is 6.04 Å². The molecule has 1 fully saturated rings. The highest BCUT2D eigenvalue weighted by atomic mass is 14.9. The number of aryl methyl sites for hydroxylation is 1. The molecule has 0 atom stereocenters. The van der Waals surface area contributed by atoms with Crippen molar-refractivity contribution < 1.29 is 0 Å². The first-order valence-corrected chi connectivity index (χ1v) is 14.4. The summed E-state index contributed by atoms with van der Waals surface area (Å²) in [6, 6.07) is 28.3. The van der Waals surface area contributed by atoms with Crippen molar-refractivity contribution in [2.75, 3.05) is 6.54 Å². The molecule has 2 rings (SSSR count). The summed E-state index contributed by atoms with van der Waals surface area (Å²) < 4.78 is 0. The van der Waals surface area contributed by atoms with Crippen molar-refractivity contribution in [3.05, 3.63) is 84.4 Å². The van der Waals surface area contributed by atoms with Crippen molar-refractivity contribution in [1.29, 1.82) is 0 Å². The molecule has 0 aliphatic heterocycles. The maximum atomic E-state index is 3.91. The van der Waals surface area contributed by atoms with Crippen molar-refractivity contribution in [3.8, 4) is 0 Å². The lowest BCUT2D eigenvalue weighted by atomic mass is 9.98. The maximum absolute atomic E-state index is 3.91. The Labute approximate surface area is 211 Å². The van der Waals surface area contributed by atoms with Crippen molar-refractivity contribution >= 4 is 0 Å². The lowest BCUT2D eigenvalue weighted by Crippen LogP contribution is -2.30. The van der Waals surface area contributed by atoms with E-state index < -0.39 is 0 Å². The minimum absolute atomic E-state index is 0.774. The summed E-state index contributed by atoms with van der Waals surface area (Å²) >= 11 is 0. The molecule has 1 aromatic rings. The molecule has 1 N–H and O–H groups in total. The monoisotopic (exact) mass is 461 g/mol. The molecular formula is C33H51N. The molecule has 188 valence electrons. The molecular weight excluding hydrogens is 410 g/mol. The van der Waals surface area contributed by atoms with Gasteiger partial charge < -0.3 is 5.32 Å². The fourth-order valence-electron chi connectivity index (χ4n) is 4.82. The van der Waals surface area contributed by atoms with Crippen LogP contribution in [0.1, 0.15) is 108 Å². The maximum Gasteiger partial charge on any atom is 0.00670 e. The molecule has 0 heterocycles. The van der Waals surface area contributed by atoms with Gasteiger partial charge in [-0.25, -0.2) is 0 Å². The molecule has 0 unspecified atom stereocenters. The minimum atomic E-state index is 0.774. The zero-order chi connectivity index (χ0) is 23.8. The fraction of sp³-hybridized carbons (Fsp3) is 0.576. The van der Waals surface area contributed by atoms with Crippen LogP contribution in [0.15, 0.2) is 78.9 Å². The second kappa shape index (κ2) is 21.7. The van der Waals surface area contributed by atoms with Crippen LogP contribution in [0.4, 0.5) is 0 Å². The second-order valence-electron chi connectivity index (χ2n) is 9.95. The Morgan fingerprint density at radius 2 is 0.882 bits per heavy atom. The first-order valence-electron chi connectivity index (χ1n) is 14.4. The molecule has 0 saturated heterocycles. The number of nitrogens with one attached hydrogen (secondary N) is 1. The fourth-order valence-corrected chi connectivity index (χ4v) is 4.82. The summed E-state index contributed by atoms with van der Waals surface area (Å²) in [6.45, 7) is 1.22. The van der Waals surface area contributed by atoms with Gasteiger partial charge in [0.2, 0.25) is 0 Å². The average Bonchev–Trinajstić information content (AvgIpc) is 2.84. The van der Waals surface area contributed by atoms with Crippen molar-refractivity contribution in [2.45, 2.75) is 115 Å². The summed E-state index contributed by atoms with van der Waals surface area (Å²) in [5.74, 6) is 0. The Hall–Kier alpha value is -1.86. The molecule has 0 bridgehead atoms. The van der Waals surface area contributed by atoms with Gasteiger partial charge in [0.1, 0.15) is 0 Å². The third-order valence-corrected chi connectivity index (χ3v) is 6.91. The molecule has 0 spiro atoms. The van der Waals surface area contributed by atoms with Gasteiger partial charge in [-0.3, -0.25) is 0 Å². The molecule has 1 aliphatic rings. The minimum Gasteiger partial charge on any atom is -0.314 e. The van der Waals surface area contributed by atoms with Crippen LogP contribution in [0.25, 0.3) is 0 Å². The van der Waals surface area contributed by atoms with Gasteiger partial charge in [0.05, 0.1) is 0 Å². The summed E-state index contributed by atoms with van der Waals surface area (Å²) in [6.07, 6.45) is 23.7. The van der Waals surface area contributed by atoms with Crippen LogP contribution < -0.4 is 5.32 Å². The second-order valence-corrected chi connectivity index (χ2v) is 9.95. The standard InChI is InChI=1S/C33H51N/c1-2-5-9-14-20-26-32(27-21-15-10-6-3-1)28-22-16-13-19-25-31-34-33-29-23-17-11-7-4-8-12-18-24-30-33/h1-3,5-6,9-10,14-15,20-21,26-27,33-34H,4,7-8,11-13,16-19,22-25,28-31H2. The quantitative estimate of drug-likeness (QED) is 0.361. The zero-order valence-corrected chi connectivity index (χ0v) is 21.8. The van der Waals surface area contributed by atoms with E-state index in [-0.39, 0.29) is 0 Å². The molecule has 1 aliphatic carbocycles. The molecule has 1 saturated carbocycles. The lowest BCUT2D eigenvalue weighted by Gasteiger charge is -2.19. The van der Waals surface area contributed by atoms with E-state index in [1.807, 2.05) is 6.07 Å². The van der Waals surface area contributed by atoms with Gasteiger partial charge >= 0.3 is 0 Å². The van der Waals surface area contributed by atoms with Gasteiger partial charge in [0.25, 0.3) is 0 Å². The summed E-state index contributed by atoms with van der Waals surface area (Å²) in [7, 11) is 0. The Balaban J connectivity index is 1.62. The van der Waals surface area contributed by atoms with Crippen LogP contribution in [0, 0.1) is 0 Å². The van der Waals surface area contributed by atoms with Gasteiger partial charge in [-0.2, -0.15) is 0 Å². The zero-order valence-electron chi connectivity index (χ0n) is 21.8. The lowest BCUT2D eigenvalue weighted by molar-refractivity contribution is 0.399. The summed E-state index contributed by atoms with van der Waals surface area (Å²) in [5.41, 5.74) is 1.41. The van der Waals surface area contributed by atoms with Crippen LogP contribution in [-0.4, -0.2) is 12.6 Å². The number of unbranched alkanes of at least 4 members (excludes halogenated alkanes) is 4. The Kier molecular flexibility index (Phi) is 18.1. The van der Waals surface area contributed by atoms with Crippen molar-refractivity contribution in [2.24, 2.45) is 0 Å². The van der Waals surface area contributed by atoms with Crippen LogP contribution >= 0.6 is 0 Å². The normalized spacial score (nSPS) is 15.8. The van der Waals surface area contributed by atoms with Gasteiger partial charge in [-0.15, -0.1) is 0 Å². The topological polar surface area (TPSA) is 12.0 Å². The van der Waals surface area contributed by atoms with E-state index >= 15 is 0 Å².